The highest BCUT2D eigenvalue weighted by atomic mass is 19.5. The average Bonchev–Trinajstić information content (AvgIpc) is 2.77. The standard InChI is InChI=1S/C9H13FO4.C7H10O4.C2H5FO.CF4.CH3F/c1-6(2)8(11)14-7(3)9(12)13-5-4-10;1-4(2)7(10)11-5(3)6(8)9;3-1-2-4;2-1(3,4)5;1-2/h7H,1,4-5H2,2-3H3;5H,1H2,2-3H3,(H,8,9);4H,1-2H2;;1H3. The molecular formula is C20H31F7O9. The van der Waals surface area contributed by atoms with Crippen molar-refractivity contribution in [1.82, 2.24) is 0 Å². The Kier molecular flexibility index (Phi) is 31.5. The first kappa shape index (κ1) is 42.9. The lowest BCUT2D eigenvalue weighted by Crippen LogP contribution is -2.27. The molecule has 0 aromatic heterocycles. The molecule has 0 aliphatic rings. The van der Waals surface area contributed by atoms with Gasteiger partial charge in [-0.15, -0.1) is 17.6 Å². The quantitative estimate of drug-likeness (QED) is 0.192. The van der Waals surface area contributed by atoms with Crippen molar-refractivity contribution >= 4 is 23.9 Å². The third kappa shape index (κ3) is 41.1. The Morgan fingerprint density at radius 1 is 0.833 bits per heavy atom. The van der Waals surface area contributed by atoms with E-state index < -0.39 is 55.9 Å². The molecule has 9 nitrogen and oxygen atoms in total. The summed E-state index contributed by atoms with van der Waals surface area (Å²) in [6.45, 7) is 10.1. The zero-order chi connectivity index (χ0) is 30.1. The van der Waals surface area contributed by atoms with Gasteiger partial charge in [-0.2, -0.15) is 0 Å². The maximum absolute atomic E-state index is 11.6. The first-order valence-corrected chi connectivity index (χ1v) is 9.34. The summed E-state index contributed by atoms with van der Waals surface area (Å²) in [5.41, 5.74) is 0.383. The molecule has 0 fully saturated rings. The van der Waals surface area contributed by atoms with E-state index in [0.29, 0.717) is 7.18 Å². The Labute approximate surface area is 203 Å². The molecule has 36 heavy (non-hydrogen) atoms. The fraction of sp³-hybridized carbons (Fsp3) is 0.600. The number of rotatable bonds is 9. The van der Waals surface area contributed by atoms with Crippen molar-refractivity contribution in [2.45, 2.75) is 46.3 Å². The van der Waals surface area contributed by atoms with Crippen molar-refractivity contribution in [2.75, 3.05) is 33.7 Å². The fourth-order valence-electron chi connectivity index (χ4n) is 0.877. The van der Waals surface area contributed by atoms with E-state index in [1.807, 2.05) is 0 Å². The molecule has 0 spiro atoms. The number of esters is 3. The summed E-state index contributed by atoms with van der Waals surface area (Å²) in [5.74, 6) is -3.29. The molecule has 0 saturated heterocycles. The van der Waals surface area contributed by atoms with Gasteiger partial charge in [0.1, 0.15) is 20.0 Å². The largest absolute Gasteiger partial charge is 0.559 e. The molecular weight excluding hydrogens is 517 g/mol. The molecule has 0 heterocycles. The Morgan fingerprint density at radius 3 is 1.36 bits per heavy atom. The van der Waals surface area contributed by atoms with E-state index >= 15 is 0 Å². The number of halogens is 7. The van der Waals surface area contributed by atoms with Gasteiger partial charge < -0.3 is 24.4 Å². The van der Waals surface area contributed by atoms with Gasteiger partial charge in [0, 0.05) is 11.1 Å². The molecule has 0 aromatic carbocycles. The number of carboxylic acids is 1. The summed E-state index contributed by atoms with van der Waals surface area (Å²) >= 11 is 0. The van der Waals surface area contributed by atoms with E-state index in [1.54, 1.807) is 0 Å². The van der Waals surface area contributed by atoms with Gasteiger partial charge in [0.05, 0.1) is 13.8 Å². The normalized spacial score (nSPS) is 10.8. The van der Waals surface area contributed by atoms with Gasteiger partial charge in [0.25, 0.3) is 0 Å². The van der Waals surface area contributed by atoms with Crippen LogP contribution in [-0.4, -0.2) is 86.5 Å². The summed E-state index contributed by atoms with van der Waals surface area (Å²) in [5, 5.41) is 15.8. The molecule has 214 valence electrons. The van der Waals surface area contributed by atoms with Gasteiger partial charge in [0.2, 0.25) is 0 Å². The van der Waals surface area contributed by atoms with Crippen LogP contribution in [0.25, 0.3) is 0 Å². The van der Waals surface area contributed by atoms with Crippen LogP contribution < -0.4 is 0 Å². The van der Waals surface area contributed by atoms with Crippen molar-refractivity contribution in [3.63, 3.8) is 0 Å². The Hall–Kier alpha value is -3.17. The zero-order valence-corrected chi connectivity index (χ0v) is 20.3. The number of hydrogen-bond donors (Lipinski definition) is 2. The third-order valence-electron chi connectivity index (χ3n) is 2.35. The van der Waals surface area contributed by atoms with E-state index in [-0.39, 0.29) is 24.4 Å². The number of hydrogen-bond acceptors (Lipinski definition) is 8. The van der Waals surface area contributed by atoms with Crippen LogP contribution in [0.5, 0.6) is 0 Å². The summed E-state index contributed by atoms with van der Waals surface area (Å²) in [7, 11) is 0.500. The highest BCUT2D eigenvalue weighted by molar-refractivity contribution is 5.89. The monoisotopic (exact) mass is 548 g/mol. The average molecular weight is 548 g/mol. The van der Waals surface area contributed by atoms with Gasteiger partial charge in [-0.25, -0.2) is 28.0 Å². The highest BCUT2D eigenvalue weighted by Gasteiger charge is 2.24. The fourth-order valence-corrected chi connectivity index (χ4v) is 0.877. The van der Waals surface area contributed by atoms with Crippen molar-refractivity contribution < 1.29 is 74.3 Å². The van der Waals surface area contributed by atoms with Gasteiger partial charge >= 0.3 is 30.3 Å². The van der Waals surface area contributed by atoms with Crippen molar-refractivity contribution in [2.24, 2.45) is 0 Å². The van der Waals surface area contributed by atoms with E-state index in [1.165, 1.54) is 27.7 Å². The van der Waals surface area contributed by atoms with Gasteiger partial charge in [-0.3, -0.25) is 4.39 Å². The molecule has 0 aliphatic carbocycles. The summed E-state index contributed by atoms with van der Waals surface area (Å²) in [4.78, 5) is 42.7. The van der Waals surface area contributed by atoms with Crippen LogP contribution >= 0.6 is 0 Å². The Morgan fingerprint density at radius 2 is 1.14 bits per heavy atom. The van der Waals surface area contributed by atoms with E-state index in [4.69, 9.17) is 10.2 Å². The molecule has 2 N–H and O–H groups in total. The topological polar surface area (TPSA) is 136 Å². The van der Waals surface area contributed by atoms with Gasteiger partial charge in [-0.1, -0.05) is 13.2 Å². The van der Waals surface area contributed by atoms with Gasteiger partial charge in [0.15, 0.2) is 12.2 Å². The summed E-state index contributed by atoms with van der Waals surface area (Å²) < 4.78 is 83.8. The minimum Gasteiger partial charge on any atom is -0.479 e. The van der Waals surface area contributed by atoms with Crippen molar-refractivity contribution in [1.29, 1.82) is 0 Å². The van der Waals surface area contributed by atoms with Crippen LogP contribution in [0.15, 0.2) is 24.3 Å². The van der Waals surface area contributed by atoms with Gasteiger partial charge in [-0.05, 0) is 27.7 Å². The molecule has 0 rings (SSSR count). The van der Waals surface area contributed by atoms with Crippen molar-refractivity contribution in [3.8, 4) is 0 Å². The summed E-state index contributed by atoms with van der Waals surface area (Å²) in [6.07, 6.45) is -7.65. The highest BCUT2D eigenvalue weighted by Crippen LogP contribution is 2.13. The van der Waals surface area contributed by atoms with E-state index in [9.17, 15) is 49.9 Å². The number of carbonyl (C=O) groups is 4. The maximum atomic E-state index is 11.6. The molecule has 0 aliphatic heterocycles. The maximum Gasteiger partial charge on any atom is 0.559 e. The predicted molar refractivity (Wildman–Crippen MR) is 113 cm³/mol. The molecule has 0 aromatic rings. The summed E-state index contributed by atoms with van der Waals surface area (Å²) in [6, 6.07) is 0. The lowest BCUT2D eigenvalue weighted by molar-refractivity contribution is -0.237. The second-order valence-electron chi connectivity index (χ2n) is 5.69. The number of aliphatic hydroxyl groups excluding tert-OH is 1. The smallest absolute Gasteiger partial charge is 0.479 e. The van der Waals surface area contributed by atoms with Crippen molar-refractivity contribution in [3.05, 3.63) is 24.3 Å². The Balaban J connectivity index is -0.000000128. The molecule has 0 amide bonds. The van der Waals surface area contributed by atoms with Crippen LogP contribution in [-0.2, 0) is 33.4 Å². The molecule has 0 bridgehead atoms. The predicted octanol–water partition coefficient (Wildman–Crippen LogP) is 3.60. The number of alkyl halides is 7. The van der Waals surface area contributed by atoms with Crippen LogP contribution in [0.2, 0.25) is 0 Å². The number of aliphatic carboxylic acids is 1. The first-order chi connectivity index (χ1) is 16.3. The van der Waals surface area contributed by atoms with Crippen LogP contribution in [0, 0.1) is 0 Å². The minimum atomic E-state index is -5.50. The molecule has 2 atom stereocenters. The SMILES string of the molecule is C=C(C)C(=O)OC(C)C(=O)O.C=C(C)C(=O)OC(C)C(=O)OCCF.CF.FC(F)(F)F.OCCF. The first-order valence-electron chi connectivity index (χ1n) is 9.34. The minimum absolute atomic E-state index is 0.190. The molecule has 16 heteroatoms. The van der Waals surface area contributed by atoms with Crippen LogP contribution in [0.4, 0.5) is 30.7 Å². The Bertz CT molecular complexity index is 646. The zero-order valence-electron chi connectivity index (χ0n) is 20.3. The number of carboxylic acid groups (broad SMARTS) is 1. The van der Waals surface area contributed by atoms with Crippen LogP contribution in [0.3, 0.4) is 0 Å². The molecule has 0 radical (unpaired) electrons. The van der Waals surface area contributed by atoms with E-state index in [0.717, 1.165) is 0 Å². The van der Waals surface area contributed by atoms with Crippen LogP contribution in [0.1, 0.15) is 27.7 Å². The number of carbonyl (C=O) groups excluding carboxylic acids is 3. The lowest BCUT2D eigenvalue weighted by Gasteiger charge is -2.11. The second-order valence-corrected chi connectivity index (χ2v) is 5.69. The second kappa shape index (κ2) is 26.4. The lowest BCUT2D eigenvalue weighted by atomic mass is 10.3. The third-order valence-corrected chi connectivity index (χ3v) is 2.35. The molecule has 0 saturated carbocycles. The molecule has 2 unspecified atom stereocenters. The van der Waals surface area contributed by atoms with E-state index in [2.05, 4.69) is 27.4 Å². The number of ether oxygens (including phenoxy) is 3. The number of aliphatic hydroxyl groups is 1.